The zero-order chi connectivity index (χ0) is 14.4. The van der Waals surface area contributed by atoms with Crippen molar-refractivity contribution in [1.29, 1.82) is 0 Å². The number of hydrogen-bond acceptors (Lipinski definition) is 4. The van der Waals surface area contributed by atoms with Crippen LogP contribution in [0.1, 0.15) is 43.0 Å². The Morgan fingerprint density at radius 1 is 1.38 bits per heavy atom. The Labute approximate surface area is 132 Å². The Bertz CT molecular complexity index is 453. The maximum Gasteiger partial charge on any atom is 0.341 e. The molecule has 0 amide bonds. The van der Waals surface area contributed by atoms with Gasteiger partial charge < -0.3 is 14.7 Å². The summed E-state index contributed by atoms with van der Waals surface area (Å²) in [7, 11) is 0. The summed E-state index contributed by atoms with van der Waals surface area (Å²) in [5, 5.41) is 9.57. The summed E-state index contributed by atoms with van der Waals surface area (Å²) in [5.74, 6) is -0.475. The van der Waals surface area contributed by atoms with E-state index in [2.05, 4.69) is 11.8 Å². The Kier molecular flexibility index (Phi) is 7.54. The van der Waals surface area contributed by atoms with Gasteiger partial charge in [-0.05, 0) is 44.9 Å². The number of likely N-dealkylation sites (tertiary alicyclic amines) is 1. The van der Waals surface area contributed by atoms with Crippen molar-refractivity contribution in [2.75, 3.05) is 19.7 Å². The van der Waals surface area contributed by atoms with Crippen LogP contribution in [0.4, 0.5) is 0 Å². The molecule has 1 aliphatic heterocycles. The van der Waals surface area contributed by atoms with Crippen molar-refractivity contribution in [3.63, 3.8) is 0 Å². The van der Waals surface area contributed by atoms with Gasteiger partial charge in [-0.3, -0.25) is 0 Å². The van der Waals surface area contributed by atoms with Gasteiger partial charge in [-0.15, -0.1) is 12.4 Å². The number of rotatable bonds is 5. The molecule has 1 N–H and O–H groups in total. The third kappa shape index (κ3) is 5.21. The van der Waals surface area contributed by atoms with Gasteiger partial charge in [0.1, 0.15) is 11.3 Å². The average Bonchev–Trinajstić information content (AvgIpc) is 2.45. The highest BCUT2D eigenvalue weighted by molar-refractivity contribution is 5.92. The summed E-state index contributed by atoms with van der Waals surface area (Å²) in [6.07, 6.45) is 4.68. The first kappa shape index (κ1) is 17.8. The molecule has 0 aromatic heterocycles. The van der Waals surface area contributed by atoms with Gasteiger partial charge in [0, 0.05) is 12.6 Å². The van der Waals surface area contributed by atoms with E-state index in [4.69, 9.17) is 4.74 Å². The minimum atomic E-state index is -0.449. The molecule has 118 valence electrons. The van der Waals surface area contributed by atoms with Crippen LogP contribution in [0.2, 0.25) is 0 Å². The Morgan fingerprint density at radius 3 is 2.86 bits per heavy atom. The number of halogens is 1. The summed E-state index contributed by atoms with van der Waals surface area (Å²) >= 11 is 0. The van der Waals surface area contributed by atoms with Gasteiger partial charge in [-0.25, -0.2) is 4.79 Å². The highest BCUT2D eigenvalue weighted by Crippen LogP contribution is 2.18. The number of ether oxygens (including phenoxy) is 1. The summed E-state index contributed by atoms with van der Waals surface area (Å²) in [6, 6.07) is 7.10. The van der Waals surface area contributed by atoms with Crippen molar-refractivity contribution in [3.8, 4) is 5.75 Å². The Morgan fingerprint density at radius 2 is 2.14 bits per heavy atom. The standard InChI is InChI=1S/C16H23NO3.ClH/c1-13-7-4-5-10-17(13)11-6-12-20-16(19)14-8-2-3-9-15(14)18;/h2-3,8-9,13,18H,4-7,10-12H2,1H3;1H. The van der Waals surface area contributed by atoms with Gasteiger partial charge in [0.15, 0.2) is 0 Å². The van der Waals surface area contributed by atoms with Crippen LogP contribution in [0.5, 0.6) is 5.75 Å². The van der Waals surface area contributed by atoms with Crippen molar-refractivity contribution in [1.82, 2.24) is 4.90 Å². The molecule has 1 aliphatic rings. The maximum absolute atomic E-state index is 11.8. The van der Waals surface area contributed by atoms with Crippen LogP contribution in [-0.4, -0.2) is 41.7 Å². The van der Waals surface area contributed by atoms with E-state index in [1.807, 2.05) is 0 Å². The molecule has 1 aromatic carbocycles. The van der Waals surface area contributed by atoms with Crippen molar-refractivity contribution >= 4 is 18.4 Å². The molecule has 1 fully saturated rings. The first-order valence-corrected chi connectivity index (χ1v) is 7.37. The zero-order valence-corrected chi connectivity index (χ0v) is 13.3. The summed E-state index contributed by atoms with van der Waals surface area (Å²) < 4.78 is 5.21. The number of benzene rings is 1. The molecule has 1 unspecified atom stereocenters. The monoisotopic (exact) mass is 313 g/mol. The van der Waals surface area contributed by atoms with E-state index in [0.717, 1.165) is 19.5 Å². The van der Waals surface area contributed by atoms with Crippen LogP contribution >= 0.6 is 12.4 Å². The van der Waals surface area contributed by atoms with Crippen molar-refractivity contribution < 1.29 is 14.6 Å². The second kappa shape index (κ2) is 8.90. The smallest absolute Gasteiger partial charge is 0.341 e. The summed E-state index contributed by atoms with van der Waals surface area (Å²) in [5.41, 5.74) is 0.235. The molecule has 0 aliphatic carbocycles. The number of piperidine rings is 1. The fraction of sp³-hybridized carbons (Fsp3) is 0.562. The third-order valence-corrected chi connectivity index (χ3v) is 3.89. The molecule has 4 nitrogen and oxygen atoms in total. The highest BCUT2D eigenvalue weighted by Gasteiger charge is 2.17. The number of esters is 1. The Hall–Kier alpha value is -1.26. The van der Waals surface area contributed by atoms with Crippen molar-refractivity contribution in [3.05, 3.63) is 29.8 Å². The van der Waals surface area contributed by atoms with E-state index in [1.165, 1.54) is 25.3 Å². The molecule has 1 atom stereocenters. The molecule has 1 heterocycles. The first-order chi connectivity index (χ1) is 9.68. The molecule has 0 bridgehead atoms. The topological polar surface area (TPSA) is 49.8 Å². The summed E-state index contributed by atoms with van der Waals surface area (Å²) in [4.78, 5) is 14.2. The largest absolute Gasteiger partial charge is 0.507 e. The number of phenolic OH excluding ortho intramolecular Hbond substituents is 1. The average molecular weight is 314 g/mol. The number of para-hydroxylation sites is 1. The number of carbonyl (C=O) groups excluding carboxylic acids is 1. The van der Waals surface area contributed by atoms with Crippen molar-refractivity contribution in [2.45, 2.75) is 38.6 Å². The normalized spacial score (nSPS) is 18.8. The minimum absolute atomic E-state index is 0. The predicted molar refractivity (Wildman–Crippen MR) is 85.1 cm³/mol. The lowest BCUT2D eigenvalue weighted by atomic mass is 10.0. The fourth-order valence-electron chi connectivity index (χ4n) is 2.65. The van der Waals surface area contributed by atoms with Crippen LogP contribution in [0.3, 0.4) is 0 Å². The van der Waals surface area contributed by atoms with Gasteiger partial charge >= 0.3 is 5.97 Å². The molecule has 0 spiro atoms. The lowest BCUT2D eigenvalue weighted by Crippen LogP contribution is -2.38. The number of aromatic hydroxyl groups is 1. The van der Waals surface area contributed by atoms with E-state index < -0.39 is 5.97 Å². The van der Waals surface area contributed by atoms with Gasteiger partial charge in [0.05, 0.1) is 6.61 Å². The minimum Gasteiger partial charge on any atom is -0.507 e. The quantitative estimate of drug-likeness (QED) is 0.670. The molecule has 0 saturated carbocycles. The maximum atomic E-state index is 11.8. The molecule has 1 aromatic rings. The van der Waals surface area contributed by atoms with Gasteiger partial charge in [-0.2, -0.15) is 0 Å². The Balaban J connectivity index is 0.00000220. The number of phenols is 1. The predicted octanol–water partition coefficient (Wildman–Crippen LogP) is 3.24. The fourth-order valence-corrected chi connectivity index (χ4v) is 2.65. The second-order valence-corrected chi connectivity index (χ2v) is 5.39. The van der Waals surface area contributed by atoms with Crippen LogP contribution < -0.4 is 0 Å². The first-order valence-electron chi connectivity index (χ1n) is 7.37. The van der Waals surface area contributed by atoms with Crippen LogP contribution in [0.15, 0.2) is 24.3 Å². The zero-order valence-electron chi connectivity index (χ0n) is 12.5. The van der Waals surface area contributed by atoms with E-state index in [0.29, 0.717) is 12.6 Å². The number of hydrogen-bond donors (Lipinski definition) is 1. The van der Waals surface area contributed by atoms with E-state index in [1.54, 1.807) is 18.2 Å². The number of nitrogens with zero attached hydrogens (tertiary/aromatic N) is 1. The van der Waals surface area contributed by atoms with E-state index in [9.17, 15) is 9.90 Å². The van der Waals surface area contributed by atoms with Crippen LogP contribution in [0, 0.1) is 0 Å². The molecule has 5 heteroatoms. The molecule has 1 saturated heterocycles. The molecular formula is C16H24ClNO3. The third-order valence-electron chi connectivity index (χ3n) is 3.89. The van der Waals surface area contributed by atoms with E-state index in [-0.39, 0.29) is 23.7 Å². The van der Waals surface area contributed by atoms with Gasteiger partial charge in [-0.1, -0.05) is 18.6 Å². The van der Waals surface area contributed by atoms with Crippen LogP contribution in [0.25, 0.3) is 0 Å². The van der Waals surface area contributed by atoms with Gasteiger partial charge in [0.2, 0.25) is 0 Å². The van der Waals surface area contributed by atoms with Gasteiger partial charge in [0.25, 0.3) is 0 Å². The highest BCUT2D eigenvalue weighted by atomic mass is 35.5. The molecule has 0 radical (unpaired) electrons. The molecule has 2 rings (SSSR count). The number of carbonyl (C=O) groups is 1. The second-order valence-electron chi connectivity index (χ2n) is 5.39. The SMILES string of the molecule is CC1CCCCN1CCCOC(=O)c1ccccc1O.Cl. The summed E-state index contributed by atoms with van der Waals surface area (Å²) in [6.45, 7) is 4.77. The van der Waals surface area contributed by atoms with Crippen molar-refractivity contribution in [2.24, 2.45) is 0 Å². The van der Waals surface area contributed by atoms with E-state index >= 15 is 0 Å². The molecule has 21 heavy (non-hydrogen) atoms. The molecular weight excluding hydrogens is 290 g/mol. The van der Waals surface area contributed by atoms with Crippen LogP contribution in [-0.2, 0) is 4.74 Å². The lowest BCUT2D eigenvalue weighted by Gasteiger charge is -2.33. The lowest BCUT2D eigenvalue weighted by molar-refractivity contribution is 0.0472.